The molecule has 20 heavy (non-hydrogen) atoms. The van der Waals surface area contributed by atoms with E-state index >= 15 is 0 Å². The number of rotatable bonds is 3. The molecule has 0 fully saturated rings. The van der Waals surface area contributed by atoms with Gasteiger partial charge in [0.1, 0.15) is 11.4 Å². The van der Waals surface area contributed by atoms with Crippen molar-refractivity contribution in [3.8, 4) is 0 Å². The fraction of sp³-hybridized carbons (Fsp3) is 0.357. The van der Waals surface area contributed by atoms with E-state index < -0.39 is 17.7 Å². The van der Waals surface area contributed by atoms with E-state index in [0.29, 0.717) is 8.96 Å². The average Bonchev–Trinajstić information content (AvgIpc) is 2.24. The first-order valence-electron chi connectivity index (χ1n) is 5.95. The Morgan fingerprint density at radius 2 is 2.05 bits per heavy atom. The van der Waals surface area contributed by atoms with Crippen LogP contribution in [0.15, 0.2) is 33.7 Å². The molecule has 0 radical (unpaired) electrons. The fourth-order valence-corrected chi connectivity index (χ4v) is 2.01. The van der Waals surface area contributed by atoms with Crippen LogP contribution in [0.3, 0.4) is 0 Å². The zero-order valence-electron chi connectivity index (χ0n) is 11.4. The van der Waals surface area contributed by atoms with Crippen LogP contribution in [0.1, 0.15) is 32.4 Å². The number of hydrogen-bond donors (Lipinski definition) is 1. The van der Waals surface area contributed by atoms with Crippen LogP contribution < -0.4 is 5.32 Å². The van der Waals surface area contributed by atoms with Gasteiger partial charge in [0.25, 0.3) is 0 Å². The first-order valence-corrected chi connectivity index (χ1v) is 7.54. The van der Waals surface area contributed by atoms with Crippen molar-refractivity contribution in [3.05, 3.63) is 45.1 Å². The van der Waals surface area contributed by atoms with Crippen LogP contribution in [0.5, 0.6) is 0 Å². The molecule has 1 aromatic rings. The zero-order chi connectivity index (χ0) is 15.3. The Morgan fingerprint density at radius 1 is 1.40 bits per heavy atom. The molecule has 110 valence electrons. The highest BCUT2D eigenvalue weighted by atomic mass is 79.9. The normalized spacial score (nSPS) is 12.5. The van der Waals surface area contributed by atoms with Gasteiger partial charge in [-0.05, 0) is 76.4 Å². The average molecular weight is 409 g/mol. The Kier molecular flexibility index (Phi) is 6.20. The number of ether oxygens (including phenoxy) is 1. The monoisotopic (exact) mass is 407 g/mol. The summed E-state index contributed by atoms with van der Waals surface area (Å²) < 4.78 is 19.1. The minimum absolute atomic E-state index is 0.363. The third-order valence-corrected chi connectivity index (χ3v) is 2.70. The molecule has 0 aliphatic rings. The Labute approximate surface area is 134 Å². The van der Waals surface area contributed by atoms with E-state index in [2.05, 4.69) is 37.2 Å². The quantitative estimate of drug-likeness (QED) is 0.762. The molecule has 3 nitrogen and oxygen atoms in total. The van der Waals surface area contributed by atoms with E-state index in [1.165, 1.54) is 12.1 Å². The van der Waals surface area contributed by atoms with Gasteiger partial charge in [0.05, 0.1) is 9.43 Å². The molecule has 0 aromatic heterocycles. The van der Waals surface area contributed by atoms with Crippen molar-refractivity contribution in [1.29, 1.82) is 0 Å². The largest absolute Gasteiger partial charge is 0.444 e. The highest BCUT2D eigenvalue weighted by Crippen LogP contribution is 2.23. The fourth-order valence-electron chi connectivity index (χ4n) is 1.48. The maximum absolute atomic E-state index is 13.3. The van der Waals surface area contributed by atoms with Gasteiger partial charge in [-0.15, -0.1) is 0 Å². The molecule has 0 saturated carbocycles. The molecule has 0 heterocycles. The van der Waals surface area contributed by atoms with E-state index in [1.54, 1.807) is 39.0 Å². The second-order valence-electron chi connectivity index (χ2n) is 5.14. The molecule has 0 unspecified atom stereocenters. The van der Waals surface area contributed by atoms with Crippen molar-refractivity contribution in [3.63, 3.8) is 0 Å². The minimum atomic E-state index is -0.591. The second kappa shape index (κ2) is 7.22. The lowest BCUT2D eigenvalue weighted by molar-refractivity contribution is 0.0514. The van der Waals surface area contributed by atoms with Gasteiger partial charge in [-0.2, -0.15) is 0 Å². The first kappa shape index (κ1) is 17.2. The van der Waals surface area contributed by atoms with Gasteiger partial charge in [-0.3, -0.25) is 0 Å². The molecule has 0 saturated heterocycles. The van der Waals surface area contributed by atoms with Gasteiger partial charge >= 0.3 is 6.09 Å². The van der Waals surface area contributed by atoms with Gasteiger partial charge in [0.15, 0.2) is 0 Å². The molecule has 6 heteroatoms. The lowest BCUT2D eigenvalue weighted by Crippen LogP contribution is -2.34. The van der Waals surface area contributed by atoms with Gasteiger partial charge in [-0.1, -0.05) is 12.1 Å². The summed E-state index contributed by atoms with van der Waals surface area (Å²) in [5.41, 5.74) is 0.0265. The topological polar surface area (TPSA) is 38.3 Å². The third-order valence-electron chi connectivity index (χ3n) is 2.17. The summed E-state index contributed by atoms with van der Waals surface area (Å²) in [5.74, 6) is -0.363. The summed E-state index contributed by atoms with van der Waals surface area (Å²) in [4.78, 5) is 11.8. The van der Waals surface area contributed by atoms with Gasteiger partial charge < -0.3 is 10.1 Å². The highest BCUT2D eigenvalue weighted by molar-refractivity contribution is 9.28. The van der Waals surface area contributed by atoms with E-state index in [1.807, 2.05) is 0 Å². The Bertz CT molecular complexity index is 508. The number of benzene rings is 1. The van der Waals surface area contributed by atoms with Crippen LogP contribution in [0.2, 0.25) is 0 Å². The van der Waals surface area contributed by atoms with Crippen LogP contribution in [-0.2, 0) is 4.74 Å². The van der Waals surface area contributed by atoms with Crippen molar-refractivity contribution >= 4 is 38.0 Å². The lowest BCUT2D eigenvalue weighted by atomic mass is 10.1. The lowest BCUT2D eigenvalue weighted by Gasteiger charge is -2.22. The van der Waals surface area contributed by atoms with Crippen LogP contribution in [0.25, 0.3) is 0 Å². The number of carbonyl (C=O) groups is 1. The molecule has 1 rings (SSSR count). The summed E-state index contributed by atoms with van der Waals surface area (Å²) in [7, 11) is 0. The van der Waals surface area contributed by atoms with E-state index in [0.717, 1.165) is 0 Å². The van der Waals surface area contributed by atoms with E-state index in [-0.39, 0.29) is 5.82 Å². The molecular formula is C14H16Br2FNO2. The summed E-state index contributed by atoms with van der Waals surface area (Å²) in [6.45, 7) is 5.33. The molecular weight excluding hydrogens is 393 g/mol. The highest BCUT2D eigenvalue weighted by Gasteiger charge is 2.19. The maximum Gasteiger partial charge on any atom is 0.408 e. The molecule has 1 atom stereocenters. The van der Waals surface area contributed by atoms with Crippen molar-refractivity contribution < 1.29 is 13.9 Å². The second-order valence-corrected chi connectivity index (χ2v) is 7.91. The number of halogens is 3. The number of hydrogen-bond acceptors (Lipinski definition) is 2. The van der Waals surface area contributed by atoms with Crippen LogP contribution in [0, 0.1) is 5.82 Å². The summed E-state index contributed by atoms with van der Waals surface area (Å²) >= 11 is 6.47. The molecule has 1 amide bonds. The van der Waals surface area contributed by atoms with Crippen molar-refractivity contribution in [2.75, 3.05) is 0 Å². The molecule has 0 bridgehead atoms. The van der Waals surface area contributed by atoms with Crippen molar-refractivity contribution in [2.24, 2.45) is 0 Å². The number of carbonyl (C=O) groups excluding carboxylic acids is 1. The third kappa shape index (κ3) is 6.52. The van der Waals surface area contributed by atoms with Crippen LogP contribution in [-0.4, -0.2) is 11.7 Å². The Morgan fingerprint density at radius 3 is 2.55 bits per heavy atom. The first-order chi connectivity index (χ1) is 9.17. The molecule has 0 spiro atoms. The molecule has 1 N–H and O–H groups in total. The van der Waals surface area contributed by atoms with Gasteiger partial charge in [0, 0.05) is 0 Å². The standard InChI is InChI=1S/C14H16Br2FNO2/c1-14(2,3)20-13(19)18-11(8-12(15)16)9-5-4-6-10(17)7-9/h4-8,11H,1-3H3,(H,18,19)/t11-/m0/s1. The number of alkyl carbamates (subject to hydrolysis) is 1. The Balaban J connectivity index is 2.91. The van der Waals surface area contributed by atoms with Crippen LogP contribution >= 0.6 is 31.9 Å². The minimum Gasteiger partial charge on any atom is -0.444 e. The van der Waals surface area contributed by atoms with Gasteiger partial charge in [0.2, 0.25) is 0 Å². The predicted octanol–water partition coefficient (Wildman–Crippen LogP) is 5.02. The van der Waals surface area contributed by atoms with E-state index in [9.17, 15) is 9.18 Å². The number of amides is 1. The zero-order valence-corrected chi connectivity index (χ0v) is 14.6. The Hall–Kier alpha value is -0.880. The van der Waals surface area contributed by atoms with Crippen molar-refractivity contribution in [2.45, 2.75) is 32.4 Å². The van der Waals surface area contributed by atoms with Crippen LogP contribution in [0.4, 0.5) is 9.18 Å². The smallest absolute Gasteiger partial charge is 0.408 e. The molecule has 0 aliphatic carbocycles. The SMILES string of the molecule is CC(C)(C)OC(=O)N[C@@H](C=C(Br)Br)c1cccc(F)c1. The van der Waals surface area contributed by atoms with Crippen molar-refractivity contribution in [1.82, 2.24) is 5.32 Å². The maximum atomic E-state index is 13.3. The van der Waals surface area contributed by atoms with Gasteiger partial charge in [-0.25, -0.2) is 9.18 Å². The molecule has 1 aromatic carbocycles. The summed E-state index contributed by atoms with van der Waals surface area (Å²) in [6, 6.07) is 5.52. The molecule has 0 aliphatic heterocycles. The van der Waals surface area contributed by atoms with E-state index in [4.69, 9.17) is 4.74 Å². The predicted molar refractivity (Wildman–Crippen MR) is 84.4 cm³/mol. The number of nitrogens with one attached hydrogen (secondary N) is 1. The summed E-state index contributed by atoms with van der Waals surface area (Å²) in [6.07, 6.45) is 1.13. The summed E-state index contributed by atoms with van der Waals surface area (Å²) in [5, 5.41) is 2.68.